The van der Waals surface area contributed by atoms with E-state index in [0.717, 1.165) is 0 Å². The number of hydrogen-bond donors (Lipinski definition) is 2. The molecule has 2 aromatic carbocycles. The Morgan fingerprint density at radius 2 is 2.00 bits per heavy atom. The van der Waals surface area contributed by atoms with Crippen molar-refractivity contribution in [2.75, 3.05) is 5.32 Å². The van der Waals surface area contributed by atoms with Crippen LogP contribution in [0.3, 0.4) is 0 Å². The lowest BCUT2D eigenvalue weighted by molar-refractivity contribution is -0.385. The summed E-state index contributed by atoms with van der Waals surface area (Å²) in [5.74, 6) is -0.504. The topological polar surface area (TPSA) is 105 Å². The number of hydrogen-bond acceptors (Lipinski definition) is 5. The zero-order chi connectivity index (χ0) is 16.8. The van der Waals surface area contributed by atoms with E-state index in [1.165, 1.54) is 24.4 Å². The lowest BCUT2D eigenvalue weighted by Gasteiger charge is -2.03. The van der Waals surface area contributed by atoms with Crippen molar-refractivity contribution in [3.63, 3.8) is 0 Å². The molecule has 7 nitrogen and oxygen atoms in total. The summed E-state index contributed by atoms with van der Waals surface area (Å²) in [7, 11) is 0. The molecule has 118 valence electrons. The molecule has 0 radical (unpaired) electrons. The molecule has 0 heterocycles. The number of benzene rings is 2. The van der Waals surface area contributed by atoms with Crippen molar-refractivity contribution in [3.8, 4) is 5.75 Å². The Morgan fingerprint density at radius 3 is 2.61 bits per heavy atom. The van der Waals surface area contributed by atoms with Crippen LogP contribution in [0.1, 0.15) is 18.9 Å². The van der Waals surface area contributed by atoms with E-state index in [9.17, 15) is 20.0 Å². The molecule has 2 N–H and O–H groups in total. The maximum absolute atomic E-state index is 11.3. The molecule has 7 heteroatoms. The number of amides is 1. The summed E-state index contributed by atoms with van der Waals surface area (Å²) in [6.45, 7) is 1.76. The summed E-state index contributed by atoms with van der Waals surface area (Å²) < 4.78 is 0. The highest BCUT2D eigenvalue weighted by Gasteiger charge is 2.14. The van der Waals surface area contributed by atoms with E-state index in [0.29, 0.717) is 17.8 Å². The zero-order valence-electron chi connectivity index (χ0n) is 12.4. The van der Waals surface area contributed by atoms with Gasteiger partial charge in [-0.05, 0) is 30.3 Å². The van der Waals surface area contributed by atoms with Crippen LogP contribution < -0.4 is 5.32 Å². The molecule has 0 aliphatic heterocycles. The molecule has 0 unspecified atom stereocenters. The Kier molecular flexibility index (Phi) is 5.03. The fourth-order valence-electron chi connectivity index (χ4n) is 1.82. The number of phenols is 1. The second kappa shape index (κ2) is 7.17. The molecule has 0 saturated heterocycles. The average Bonchev–Trinajstić information content (AvgIpc) is 2.54. The Balaban J connectivity index is 2.16. The van der Waals surface area contributed by atoms with Gasteiger partial charge in [0.15, 0.2) is 0 Å². The Morgan fingerprint density at radius 1 is 1.30 bits per heavy atom. The molecular weight excluding hydrogens is 298 g/mol. The first kappa shape index (κ1) is 16.2. The largest absolute Gasteiger partial charge is 0.502 e. The number of nitro benzene ring substituents is 1. The van der Waals surface area contributed by atoms with Crippen LogP contribution in [0.15, 0.2) is 47.5 Å². The maximum atomic E-state index is 11.3. The molecule has 0 atom stereocenters. The van der Waals surface area contributed by atoms with Crippen LogP contribution in [0.5, 0.6) is 5.75 Å². The highest BCUT2D eigenvalue weighted by molar-refractivity contribution is 5.91. The molecule has 0 bridgehead atoms. The van der Waals surface area contributed by atoms with Gasteiger partial charge < -0.3 is 10.4 Å². The number of phenolic OH excluding ortho intramolecular Hbond substituents is 1. The average molecular weight is 313 g/mol. The molecule has 0 aromatic heterocycles. The van der Waals surface area contributed by atoms with Crippen molar-refractivity contribution >= 4 is 29.2 Å². The normalized spacial score (nSPS) is 10.7. The molecule has 2 rings (SSSR count). The molecule has 0 saturated carbocycles. The number of carbonyl (C=O) groups is 1. The molecule has 23 heavy (non-hydrogen) atoms. The molecule has 0 aliphatic rings. The number of nitrogens with zero attached hydrogens (tertiary/aromatic N) is 2. The van der Waals surface area contributed by atoms with Gasteiger partial charge in [0, 0.05) is 30.0 Å². The number of nitrogens with one attached hydrogen (secondary N) is 1. The summed E-state index contributed by atoms with van der Waals surface area (Å²) in [4.78, 5) is 25.5. The smallest absolute Gasteiger partial charge is 0.311 e. The predicted molar refractivity (Wildman–Crippen MR) is 87.4 cm³/mol. The van der Waals surface area contributed by atoms with E-state index < -0.39 is 10.7 Å². The lowest BCUT2D eigenvalue weighted by Crippen LogP contribution is -2.08. The predicted octanol–water partition coefficient (Wildman–Crippen LogP) is 3.40. The van der Waals surface area contributed by atoms with Gasteiger partial charge in [0.2, 0.25) is 11.7 Å². The number of nitro groups is 1. The number of para-hydroxylation sites is 1. The summed E-state index contributed by atoms with van der Waals surface area (Å²) in [6.07, 6.45) is 1.74. The number of anilines is 1. The van der Waals surface area contributed by atoms with Crippen molar-refractivity contribution in [1.82, 2.24) is 0 Å². The fourth-order valence-corrected chi connectivity index (χ4v) is 1.82. The van der Waals surface area contributed by atoms with E-state index in [2.05, 4.69) is 10.3 Å². The number of aromatic hydroxyl groups is 1. The van der Waals surface area contributed by atoms with E-state index in [1.54, 1.807) is 31.2 Å². The number of rotatable bonds is 5. The zero-order valence-corrected chi connectivity index (χ0v) is 12.4. The first-order chi connectivity index (χ1) is 11.0. The summed E-state index contributed by atoms with van der Waals surface area (Å²) >= 11 is 0. The molecule has 0 fully saturated rings. The molecule has 0 aliphatic carbocycles. The third-order valence-corrected chi connectivity index (χ3v) is 3.07. The fraction of sp³-hybridized carbons (Fsp3) is 0.125. The van der Waals surface area contributed by atoms with Gasteiger partial charge in [-0.2, -0.15) is 0 Å². The first-order valence-corrected chi connectivity index (χ1v) is 6.91. The van der Waals surface area contributed by atoms with Gasteiger partial charge in [-0.1, -0.05) is 13.0 Å². The number of carbonyl (C=O) groups excluding carboxylic acids is 1. The third kappa shape index (κ3) is 4.13. The Labute approximate surface area is 132 Å². The van der Waals surface area contributed by atoms with Crippen LogP contribution in [0, 0.1) is 10.1 Å². The van der Waals surface area contributed by atoms with E-state index in [4.69, 9.17) is 0 Å². The van der Waals surface area contributed by atoms with Gasteiger partial charge >= 0.3 is 5.69 Å². The monoisotopic (exact) mass is 313 g/mol. The van der Waals surface area contributed by atoms with Crippen LogP contribution in [-0.2, 0) is 4.79 Å². The van der Waals surface area contributed by atoms with Gasteiger partial charge in [0.1, 0.15) is 0 Å². The van der Waals surface area contributed by atoms with Crippen LogP contribution in [0.2, 0.25) is 0 Å². The second-order valence-electron chi connectivity index (χ2n) is 4.68. The Bertz CT molecular complexity index is 754. The molecule has 0 spiro atoms. The quantitative estimate of drug-likeness (QED) is 0.501. The van der Waals surface area contributed by atoms with Crippen molar-refractivity contribution in [3.05, 3.63) is 58.1 Å². The third-order valence-electron chi connectivity index (χ3n) is 3.07. The minimum absolute atomic E-state index is 0.0808. The van der Waals surface area contributed by atoms with E-state index in [-0.39, 0.29) is 17.2 Å². The van der Waals surface area contributed by atoms with Crippen molar-refractivity contribution < 1.29 is 14.8 Å². The van der Waals surface area contributed by atoms with Gasteiger partial charge in [0.05, 0.1) is 10.6 Å². The van der Waals surface area contributed by atoms with Crippen molar-refractivity contribution in [1.29, 1.82) is 0 Å². The summed E-state index contributed by atoms with van der Waals surface area (Å²) in [5.41, 5.74) is 1.13. The van der Waals surface area contributed by atoms with Crippen LogP contribution in [0.4, 0.5) is 17.1 Å². The van der Waals surface area contributed by atoms with Gasteiger partial charge in [0.25, 0.3) is 0 Å². The molecule has 2 aromatic rings. The van der Waals surface area contributed by atoms with Gasteiger partial charge in [-0.15, -0.1) is 0 Å². The maximum Gasteiger partial charge on any atom is 0.311 e. The Hall–Kier alpha value is -3.22. The van der Waals surface area contributed by atoms with Crippen LogP contribution in [-0.4, -0.2) is 22.2 Å². The lowest BCUT2D eigenvalue weighted by atomic mass is 10.2. The minimum Gasteiger partial charge on any atom is -0.502 e. The summed E-state index contributed by atoms with van der Waals surface area (Å²) in [6, 6.07) is 11.0. The van der Waals surface area contributed by atoms with E-state index in [1.807, 2.05) is 0 Å². The first-order valence-electron chi connectivity index (χ1n) is 6.91. The van der Waals surface area contributed by atoms with Crippen molar-refractivity contribution in [2.45, 2.75) is 13.3 Å². The minimum atomic E-state index is -0.655. The van der Waals surface area contributed by atoms with Crippen molar-refractivity contribution in [2.24, 2.45) is 4.99 Å². The van der Waals surface area contributed by atoms with E-state index >= 15 is 0 Å². The number of aliphatic imine (C=N–C) groups is 1. The molecular formula is C16H15N3O4. The van der Waals surface area contributed by atoms with Gasteiger partial charge in [-0.25, -0.2) is 0 Å². The van der Waals surface area contributed by atoms with Crippen LogP contribution in [0.25, 0.3) is 0 Å². The summed E-state index contributed by atoms with van der Waals surface area (Å²) in [5, 5.41) is 23.3. The van der Waals surface area contributed by atoms with Crippen LogP contribution >= 0.6 is 0 Å². The highest BCUT2D eigenvalue weighted by Crippen LogP contribution is 2.28. The SMILES string of the molecule is CCC(=O)Nc1ccc(N=Cc2cccc([N+](=O)[O-])c2O)cc1. The highest BCUT2D eigenvalue weighted by atomic mass is 16.6. The second-order valence-corrected chi connectivity index (χ2v) is 4.68. The standard InChI is InChI=1S/C16H15N3O4/c1-2-15(20)18-13-8-6-12(7-9-13)17-10-11-4-3-5-14(16(11)21)19(22)23/h3-10,21H,2H2,1H3,(H,18,20). The van der Waals surface area contributed by atoms with Gasteiger partial charge in [-0.3, -0.25) is 19.9 Å². The molecule has 1 amide bonds.